The van der Waals surface area contributed by atoms with Gasteiger partial charge in [-0.3, -0.25) is 9.59 Å². The molecule has 3 heteroatoms. The molecule has 2 bridgehead atoms. The number of benzene rings is 2. The van der Waals surface area contributed by atoms with E-state index in [1.54, 1.807) is 4.90 Å². The van der Waals surface area contributed by atoms with Crippen LogP contribution in [0.4, 0.5) is 5.69 Å². The van der Waals surface area contributed by atoms with Gasteiger partial charge >= 0.3 is 0 Å². The summed E-state index contributed by atoms with van der Waals surface area (Å²) in [5, 5.41) is 0. The Balaban J connectivity index is 1.54. The molecule has 144 valence electrons. The van der Waals surface area contributed by atoms with Gasteiger partial charge in [0.05, 0.1) is 17.5 Å². The van der Waals surface area contributed by atoms with Crippen molar-refractivity contribution in [1.29, 1.82) is 0 Å². The summed E-state index contributed by atoms with van der Waals surface area (Å²) in [6.07, 6.45) is 3.72. The minimum absolute atomic E-state index is 0.0544. The van der Waals surface area contributed by atoms with E-state index in [0.29, 0.717) is 17.8 Å². The fraction of sp³-hybridized carbons (Fsp3) is 0.440. The predicted octanol–water partition coefficient (Wildman–Crippen LogP) is 4.74. The lowest BCUT2D eigenvalue weighted by Gasteiger charge is -2.28. The Morgan fingerprint density at radius 2 is 1.46 bits per heavy atom. The quantitative estimate of drug-likeness (QED) is 0.726. The largest absolute Gasteiger partial charge is 0.274 e. The maximum atomic E-state index is 13.6. The van der Waals surface area contributed by atoms with Crippen LogP contribution in [0.3, 0.4) is 0 Å². The van der Waals surface area contributed by atoms with Crippen LogP contribution in [0.2, 0.25) is 0 Å². The highest BCUT2D eigenvalue weighted by molar-refractivity contribution is 6.23. The van der Waals surface area contributed by atoms with Crippen LogP contribution in [0, 0.1) is 23.7 Å². The van der Waals surface area contributed by atoms with Crippen LogP contribution in [-0.2, 0) is 22.4 Å². The molecule has 1 aliphatic heterocycles. The van der Waals surface area contributed by atoms with Gasteiger partial charge in [0, 0.05) is 0 Å². The average molecular weight is 373 g/mol. The molecule has 1 heterocycles. The summed E-state index contributed by atoms with van der Waals surface area (Å²) in [5.74, 6) is 0.941. The van der Waals surface area contributed by atoms with E-state index in [0.717, 1.165) is 42.5 Å². The molecule has 0 aromatic heterocycles. The third-order valence-corrected chi connectivity index (χ3v) is 7.43. The standard InChI is InChI=1S/C25H27NO2/c1-3-15-11-8-12-16(4-2)23(15)26-24(27)21-18-13-19(17-9-6-5-7-10-17)20(14-18)22(21)25(26)28/h5-12,18-22H,3-4,13-14H2,1-2H3/t18-,19+,20+,21+,22+/m0/s1. The second-order valence-electron chi connectivity index (χ2n) is 8.61. The minimum atomic E-state index is -0.133. The Hall–Kier alpha value is -2.42. The predicted molar refractivity (Wildman–Crippen MR) is 110 cm³/mol. The summed E-state index contributed by atoms with van der Waals surface area (Å²) in [5.41, 5.74) is 4.42. The fourth-order valence-electron chi connectivity index (χ4n) is 6.27. The van der Waals surface area contributed by atoms with Gasteiger partial charge in [0.1, 0.15) is 0 Å². The first-order chi connectivity index (χ1) is 13.7. The minimum Gasteiger partial charge on any atom is -0.274 e. The van der Waals surface area contributed by atoms with Crippen LogP contribution < -0.4 is 4.90 Å². The topological polar surface area (TPSA) is 37.4 Å². The van der Waals surface area contributed by atoms with E-state index in [2.05, 4.69) is 50.2 Å². The molecule has 2 aromatic carbocycles. The molecule has 0 unspecified atom stereocenters. The van der Waals surface area contributed by atoms with Gasteiger partial charge < -0.3 is 0 Å². The molecule has 0 radical (unpaired) electrons. The third kappa shape index (κ3) is 2.35. The Labute approximate surface area is 166 Å². The molecule has 2 saturated carbocycles. The highest BCUT2D eigenvalue weighted by Crippen LogP contribution is 2.62. The zero-order valence-corrected chi connectivity index (χ0v) is 16.6. The second-order valence-corrected chi connectivity index (χ2v) is 8.61. The van der Waals surface area contributed by atoms with Crippen molar-refractivity contribution in [1.82, 2.24) is 0 Å². The molecule has 5 rings (SSSR count). The molecule has 3 aliphatic rings. The van der Waals surface area contributed by atoms with Crippen molar-refractivity contribution in [2.24, 2.45) is 23.7 Å². The van der Waals surface area contributed by atoms with Crippen molar-refractivity contribution >= 4 is 17.5 Å². The van der Waals surface area contributed by atoms with Crippen molar-refractivity contribution in [3.63, 3.8) is 0 Å². The summed E-state index contributed by atoms with van der Waals surface area (Å²) in [6, 6.07) is 16.7. The molecule has 0 N–H and O–H groups in total. The number of fused-ring (bicyclic) bond motifs is 5. The van der Waals surface area contributed by atoms with Gasteiger partial charge in [-0.05, 0) is 60.1 Å². The summed E-state index contributed by atoms with van der Waals surface area (Å²) in [4.78, 5) is 28.7. The normalized spacial score (nSPS) is 30.9. The van der Waals surface area contributed by atoms with Crippen LogP contribution in [-0.4, -0.2) is 11.8 Å². The Morgan fingerprint density at radius 3 is 2.11 bits per heavy atom. The SMILES string of the molecule is CCc1cccc(CC)c1N1C(=O)[C@@H]2[C@@H]3C[C@@H]([C@H]2C1=O)[C@@H](c1ccccc1)C3. The van der Waals surface area contributed by atoms with Crippen molar-refractivity contribution in [2.45, 2.75) is 45.4 Å². The van der Waals surface area contributed by atoms with E-state index >= 15 is 0 Å². The number of hydrogen-bond acceptors (Lipinski definition) is 2. The molecular weight excluding hydrogens is 346 g/mol. The lowest BCUT2D eigenvalue weighted by atomic mass is 9.73. The number of aryl methyl sites for hydroxylation is 2. The molecule has 2 amide bonds. The van der Waals surface area contributed by atoms with Gasteiger partial charge in [0.2, 0.25) is 11.8 Å². The Kier molecular flexibility index (Phi) is 4.15. The Morgan fingerprint density at radius 1 is 0.821 bits per heavy atom. The molecule has 28 heavy (non-hydrogen) atoms. The van der Waals surface area contributed by atoms with Crippen molar-refractivity contribution in [3.8, 4) is 0 Å². The molecule has 3 nitrogen and oxygen atoms in total. The van der Waals surface area contributed by atoms with Gasteiger partial charge in [-0.15, -0.1) is 0 Å². The van der Waals surface area contributed by atoms with E-state index in [4.69, 9.17) is 0 Å². The number of amides is 2. The number of para-hydroxylation sites is 1. The number of carbonyl (C=O) groups excluding carboxylic acids is 2. The number of anilines is 1. The highest BCUT2D eigenvalue weighted by atomic mass is 16.2. The van der Waals surface area contributed by atoms with Crippen molar-refractivity contribution in [3.05, 3.63) is 65.2 Å². The maximum Gasteiger partial charge on any atom is 0.238 e. The number of nitrogens with zero attached hydrogens (tertiary/aromatic N) is 1. The van der Waals surface area contributed by atoms with Gasteiger partial charge in [-0.2, -0.15) is 0 Å². The molecule has 5 atom stereocenters. The summed E-state index contributed by atoms with van der Waals surface area (Å²) >= 11 is 0. The zero-order chi connectivity index (χ0) is 19.4. The summed E-state index contributed by atoms with van der Waals surface area (Å²) in [7, 11) is 0. The van der Waals surface area contributed by atoms with Crippen LogP contribution in [0.1, 0.15) is 49.3 Å². The van der Waals surface area contributed by atoms with E-state index in [9.17, 15) is 9.59 Å². The monoisotopic (exact) mass is 373 g/mol. The molecular formula is C25H27NO2. The van der Waals surface area contributed by atoms with E-state index in [1.165, 1.54) is 5.56 Å². The summed E-state index contributed by atoms with van der Waals surface area (Å²) < 4.78 is 0. The number of imide groups is 1. The molecule has 1 saturated heterocycles. The van der Waals surface area contributed by atoms with E-state index in [1.807, 2.05) is 12.1 Å². The Bertz CT molecular complexity index is 913. The van der Waals surface area contributed by atoms with Crippen LogP contribution in [0.15, 0.2) is 48.5 Å². The lowest BCUT2D eigenvalue weighted by Crippen LogP contribution is -2.34. The third-order valence-electron chi connectivity index (χ3n) is 7.43. The maximum absolute atomic E-state index is 13.6. The summed E-state index contributed by atoms with van der Waals surface area (Å²) in [6.45, 7) is 4.19. The van der Waals surface area contributed by atoms with Crippen LogP contribution >= 0.6 is 0 Å². The van der Waals surface area contributed by atoms with Crippen molar-refractivity contribution < 1.29 is 9.59 Å². The lowest BCUT2D eigenvalue weighted by molar-refractivity contribution is -0.123. The average Bonchev–Trinajstić information content (AvgIpc) is 3.39. The second kappa shape index (κ2) is 6.58. The van der Waals surface area contributed by atoms with Crippen molar-refractivity contribution in [2.75, 3.05) is 4.90 Å². The highest BCUT2D eigenvalue weighted by Gasteiger charge is 2.64. The van der Waals surface area contributed by atoms with Crippen LogP contribution in [0.5, 0.6) is 0 Å². The fourth-order valence-corrected chi connectivity index (χ4v) is 6.27. The molecule has 3 fully saturated rings. The van der Waals surface area contributed by atoms with Gasteiger partial charge in [-0.25, -0.2) is 4.90 Å². The van der Waals surface area contributed by atoms with Gasteiger partial charge in [-0.1, -0.05) is 62.4 Å². The van der Waals surface area contributed by atoms with E-state index in [-0.39, 0.29) is 23.7 Å². The van der Waals surface area contributed by atoms with Gasteiger partial charge in [0.15, 0.2) is 0 Å². The van der Waals surface area contributed by atoms with Gasteiger partial charge in [0.25, 0.3) is 0 Å². The first-order valence-electron chi connectivity index (χ1n) is 10.7. The molecule has 2 aromatic rings. The first-order valence-corrected chi connectivity index (χ1v) is 10.7. The number of rotatable bonds is 4. The van der Waals surface area contributed by atoms with E-state index < -0.39 is 0 Å². The zero-order valence-electron chi connectivity index (χ0n) is 16.6. The van der Waals surface area contributed by atoms with Crippen LogP contribution in [0.25, 0.3) is 0 Å². The first kappa shape index (κ1) is 17.7. The molecule has 2 aliphatic carbocycles. The number of carbonyl (C=O) groups is 2. The smallest absolute Gasteiger partial charge is 0.238 e. The molecule has 0 spiro atoms. The number of hydrogen-bond donors (Lipinski definition) is 0.